The molecule has 2 aliphatic heterocycles. The van der Waals surface area contributed by atoms with E-state index in [0.29, 0.717) is 32.8 Å². The quantitative estimate of drug-likeness (QED) is 0.259. The third kappa shape index (κ3) is 7.87. The van der Waals surface area contributed by atoms with Crippen LogP contribution >= 0.6 is 23.1 Å². The first kappa shape index (κ1) is 30.6. The number of ether oxygens (including phenoxy) is 1. The van der Waals surface area contributed by atoms with Gasteiger partial charge in [-0.25, -0.2) is 18.4 Å². The van der Waals surface area contributed by atoms with Gasteiger partial charge >= 0.3 is 11.8 Å². The van der Waals surface area contributed by atoms with Gasteiger partial charge in [-0.3, -0.25) is 15.0 Å². The third-order valence-electron chi connectivity index (χ3n) is 6.88. The van der Waals surface area contributed by atoms with Gasteiger partial charge in [-0.1, -0.05) is 56.7 Å². The molecule has 2 aromatic rings. The van der Waals surface area contributed by atoms with Gasteiger partial charge in [0.1, 0.15) is 10.8 Å². The molecule has 0 bridgehead atoms. The van der Waals surface area contributed by atoms with Gasteiger partial charge in [-0.05, 0) is 31.0 Å². The lowest BCUT2D eigenvalue weighted by Gasteiger charge is -2.37. The topological polar surface area (TPSA) is 139 Å². The summed E-state index contributed by atoms with van der Waals surface area (Å²) in [6.45, 7) is 9.95. The molecular formula is C26H37N5O6S3. The van der Waals surface area contributed by atoms with Crippen molar-refractivity contribution in [2.75, 3.05) is 44.2 Å². The molecule has 0 spiro atoms. The molecule has 11 nitrogen and oxygen atoms in total. The standard InChI is InChI=1S/C26H37N5O6S3/c1-26(2,3)39-22-10-5-4-8-19(22)17-30-11-7-6-9-20(30)18-37-25(32)29-14-12-28(13-15-29)24-21(31(33)34)16-23(38-24)40(27,35)36/h4-5,8,10,16,20H,6-7,9,11-15,17-18H2,1-3H3,(H2,27,35,36). The Morgan fingerprint density at radius 3 is 2.52 bits per heavy atom. The minimum Gasteiger partial charge on any atom is -0.448 e. The Hall–Kier alpha value is -2.39. The average molecular weight is 612 g/mol. The Balaban J connectivity index is 1.33. The van der Waals surface area contributed by atoms with Crippen molar-refractivity contribution in [3.63, 3.8) is 0 Å². The Bertz CT molecular complexity index is 1320. The molecule has 2 N–H and O–H groups in total. The highest BCUT2D eigenvalue weighted by atomic mass is 32.2. The molecule has 220 valence electrons. The number of piperidine rings is 1. The maximum atomic E-state index is 12.9. The van der Waals surface area contributed by atoms with Crippen molar-refractivity contribution in [1.82, 2.24) is 9.80 Å². The number of thioether (sulfide) groups is 1. The highest BCUT2D eigenvalue weighted by Crippen LogP contribution is 2.40. The van der Waals surface area contributed by atoms with E-state index in [0.717, 1.165) is 49.8 Å². The van der Waals surface area contributed by atoms with Crippen LogP contribution in [0.25, 0.3) is 0 Å². The van der Waals surface area contributed by atoms with Gasteiger partial charge in [0, 0.05) is 54.5 Å². The van der Waals surface area contributed by atoms with E-state index in [9.17, 15) is 23.3 Å². The summed E-state index contributed by atoms with van der Waals surface area (Å²) in [5, 5.41) is 16.9. The molecular weight excluding hydrogens is 575 g/mol. The van der Waals surface area contributed by atoms with Crippen LogP contribution in [0.2, 0.25) is 0 Å². The molecule has 0 aliphatic carbocycles. The summed E-state index contributed by atoms with van der Waals surface area (Å²) in [6, 6.07) is 9.62. The summed E-state index contributed by atoms with van der Waals surface area (Å²) < 4.78 is 29.1. The van der Waals surface area contributed by atoms with Gasteiger partial charge in [0.15, 0.2) is 5.00 Å². The molecule has 1 amide bonds. The van der Waals surface area contributed by atoms with E-state index in [2.05, 4.69) is 49.9 Å². The summed E-state index contributed by atoms with van der Waals surface area (Å²) >= 11 is 2.64. The van der Waals surface area contributed by atoms with E-state index in [-0.39, 0.29) is 25.7 Å². The Morgan fingerprint density at radius 1 is 1.18 bits per heavy atom. The lowest BCUT2D eigenvalue weighted by atomic mass is 10.0. The van der Waals surface area contributed by atoms with Crippen molar-refractivity contribution < 1.29 is 22.9 Å². The number of nitrogens with two attached hydrogens (primary N) is 1. The molecule has 0 saturated carbocycles. The molecule has 0 radical (unpaired) electrons. The molecule has 1 atom stereocenters. The van der Waals surface area contributed by atoms with E-state index in [1.807, 2.05) is 11.8 Å². The number of amides is 1. The van der Waals surface area contributed by atoms with Gasteiger partial charge in [-0.15, -0.1) is 11.8 Å². The third-order valence-corrected chi connectivity index (χ3v) is 10.7. The monoisotopic (exact) mass is 611 g/mol. The smallest absolute Gasteiger partial charge is 0.409 e. The Kier molecular flexibility index (Phi) is 9.66. The van der Waals surface area contributed by atoms with Crippen LogP contribution in [-0.4, -0.2) is 79.4 Å². The lowest BCUT2D eigenvalue weighted by Crippen LogP contribution is -2.50. The fraction of sp³-hybridized carbons (Fsp3) is 0.577. The second-order valence-corrected chi connectivity index (χ2v) is 15.7. The van der Waals surface area contributed by atoms with E-state index in [4.69, 9.17) is 9.88 Å². The SMILES string of the molecule is CC(C)(C)Sc1ccccc1CN1CCCCC1COC(=O)N1CCN(c2sc(S(N)(=O)=O)cc2[N+](=O)[O-])CC1. The maximum Gasteiger partial charge on any atom is 0.409 e. The largest absolute Gasteiger partial charge is 0.448 e. The van der Waals surface area contributed by atoms with Gasteiger partial charge in [-0.2, -0.15) is 0 Å². The zero-order valence-corrected chi connectivity index (χ0v) is 25.5. The first-order valence-electron chi connectivity index (χ1n) is 13.3. The number of nitrogens with zero attached hydrogens (tertiary/aromatic N) is 4. The van der Waals surface area contributed by atoms with E-state index in [1.54, 1.807) is 9.80 Å². The number of rotatable bonds is 8. The van der Waals surface area contributed by atoms with Crippen LogP contribution in [0.3, 0.4) is 0 Å². The summed E-state index contributed by atoms with van der Waals surface area (Å²) in [5.41, 5.74) is 0.981. The molecule has 40 heavy (non-hydrogen) atoms. The minimum absolute atomic E-state index is 0.107. The van der Waals surface area contributed by atoms with Crippen molar-refractivity contribution in [3.8, 4) is 0 Å². The molecule has 1 unspecified atom stereocenters. The molecule has 2 fully saturated rings. The number of carbonyl (C=O) groups excluding carboxylic acids is 1. The van der Waals surface area contributed by atoms with Crippen LogP contribution in [0.4, 0.5) is 15.5 Å². The summed E-state index contributed by atoms with van der Waals surface area (Å²) in [6.07, 6.45) is 2.77. The van der Waals surface area contributed by atoms with Crippen molar-refractivity contribution in [2.45, 2.75) is 66.5 Å². The van der Waals surface area contributed by atoms with Crippen LogP contribution in [0, 0.1) is 10.1 Å². The lowest BCUT2D eigenvalue weighted by molar-refractivity contribution is -0.383. The number of anilines is 1. The van der Waals surface area contributed by atoms with Crippen molar-refractivity contribution >= 4 is 49.9 Å². The predicted molar refractivity (Wildman–Crippen MR) is 158 cm³/mol. The number of nitro groups is 1. The van der Waals surface area contributed by atoms with Gasteiger partial charge in [0.25, 0.3) is 0 Å². The second-order valence-electron chi connectivity index (χ2n) is 11.1. The number of sulfonamides is 1. The summed E-state index contributed by atoms with van der Waals surface area (Å²) in [5.74, 6) is 0. The average Bonchev–Trinajstić information content (AvgIpc) is 3.35. The van der Waals surface area contributed by atoms with E-state index >= 15 is 0 Å². The van der Waals surface area contributed by atoms with Crippen LogP contribution in [0.15, 0.2) is 39.4 Å². The van der Waals surface area contributed by atoms with Gasteiger partial charge < -0.3 is 14.5 Å². The number of likely N-dealkylation sites (tertiary alicyclic amines) is 1. The molecule has 1 aromatic heterocycles. The first-order chi connectivity index (χ1) is 18.8. The number of thiophene rings is 1. The highest BCUT2D eigenvalue weighted by molar-refractivity contribution is 8.00. The molecule has 4 rings (SSSR count). The summed E-state index contributed by atoms with van der Waals surface area (Å²) in [7, 11) is -4.06. The molecule has 14 heteroatoms. The van der Waals surface area contributed by atoms with Crippen molar-refractivity contribution in [2.24, 2.45) is 5.14 Å². The Labute approximate surface area is 243 Å². The molecule has 2 aliphatic rings. The fourth-order valence-corrected chi connectivity index (χ4v) is 7.90. The fourth-order valence-electron chi connectivity index (χ4n) is 4.94. The van der Waals surface area contributed by atoms with Crippen LogP contribution in [0.1, 0.15) is 45.6 Å². The van der Waals surface area contributed by atoms with Crippen molar-refractivity contribution in [3.05, 3.63) is 46.0 Å². The number of primary sulfonamides is 1. The predicted octanol–water partition coefficient (Wildman–Crippen LogP) is 4.51. The first-order valence-corrected chi connectivity index (χ1v) is 16.5. The minimum atomic E-state index is -4.06. The van der Waals surface area contributed by atoms with Gasteiger partial charge in [0.2, 0.25) is 10.0 Å². The molecule has 2 saturated heterocycles. The summed E-state index contributed by atoms with van der Waals surface area (Å²) in [4.78, 5) is 30.8. The number of hydrogen-bond donors (Lipinski definition) is 1. The number of hydrogen-bond acceptors (Lipinski definition) is 10. The van der Waals surface area contributed by atoms with E-state index in [1.165, 1.54) is 10.5 Å². The second kappa shape index (κ2) is 12.6. The zero-order valence-electron chi connectivity index (χ0n) is 23.1. The number of piperazine rings is 1. The highest BCUT2D eigenvalue weighted by Gasteiger charge is 2.32. The normalized spacial score (nSPS) is 19.1. The maximum absolute atomic E-state index is 12.9. The molecule has 3 heterocycles. The zero-order chi connectivity index (χ0) is 29.1. The van der Waals surface area contributed by atoms with Crippen LogP contribution in [0.5, 0.6) is 0 Å². The molecule has 1 aromatic carbocycles. The van der Waals surface area contributed by atoms with E-state index < -0.39 is 21.0 Å². The van der Waals surface area contributed by atoms with Crippen LogP contribution in [-0.2, 0) is 21.3 Å². The Morgan fingerprint density at radius 2 is 1.88 bits per heavy atom. The number of benzene rings is 1. The number of carbonyl (C=O) groups is 1. The van der Waals surface area contributed by atoms with Gasteiger partial charge in [0.05, 0.1) is 4.92 Å². The van der Waals surface area contributed by atoms with Crippen molar-refractivity contribution in [1.29, 1.82) is 0 Å². The van der Waals surface area contributed by atoms with Crippen LogP contribution < -0.4 is 10.0 Å².